The summed E-state index contributed by atoms with van der Waals surface area (Å²) in [5.41, 5.74) is 13.2. The Morgan fingerprint density at radius 2 is 2.02 bits per heavy atom. The van der Waals surface area contributed by atoms with E-state index in [1.54, 1.807) is 6.20 Å². The van der Waals surface area contributed by atoms with Gasteiger partial charge in [-0.1, -0.05) is 28.1 Å². The Morgan fingerprint density at radius 3 is 2.68 bits per heavy atom. The van der Waals surface area contributed by atoms with Crippen LogP contribution in [-0.4, -0.2) is 95.5 Å². The lowest BCUT2D eigenvalue weighted by molar-refractivity contribution is -0.664. The molecule has 248 valence electrons. The molecule has 0 aromatic carbocycles. The summed E-state index contributed by atoms with van der Waals surface area (Å²) in [7, 11) is 0. The molecule has 0 saturated carbocycles. The quantitative estimate of drug-likeness (QED) is 0.0713. The molecule has 3 aromatic heterocycles. The number of piperidine rings is 1. The van der Waals surface area contributed by atoms with Gasteiger partial charge in [0.1, 0.15) is 39.2 Å². The summed E-state index contributed by atoms with van der Waals surface area (Å²) in [4.78, 5) is 65.3. The number of aliphatic carboxylic acids is 2. The van der Waals surface area contributed by atoms with Crippen molar-refractivity contribution in [3.05, 3.63) is 39.6 Å². The molecule has 3 aliphatic heterocycles. The Labute approximate surface area is 279 Å². The molecule has 17 nitrogen and oxygen atoms in total. The van der Waals surface area contributed by atoms with Crippen molar-refractivity contribution in [1.82, 2.24) is 30.1 Å². The normalized spacial score (nSPS) is 20.9. The molecule has 47 heavy (non-hydrogen) atoms. The first-order chi connectivity index (χ1) is 22.5. The molecule has 6 heterocycles. The van der Waals surface area contributed by atoms with Crippen LogP contribution in [0.4, 0.5) is 11.1 Å². The van der Waals surface area contributed by atoms with Crippen molar-refractivity contribution in [2.75, 3.05) is 30.3 Å². The lowest BCUT2D eigenvalue weighted by atomic mass is 10.0. The van der Waals surface area contributed by atoms with Crippen molar-refractivity contribution in [3.63, 3.8) is 0 Å². The van der Waals surface area contributed by atoms with Crippen LogP contribution in [0.2, 0.25) is 4.34 Å². The van der Waals surface area contributed by atoms with Crippen LogP contribution in [0, 0.1) is 0 Å². The third-order valence-electron chi connectivity index (χ3n) is 8.01. The summed E-state index contributed by atoms with van der Waals surface area (Å²) in [5, 5.41) is 28.2. The van der Waals surface area contributed by atoms with Gasteiger partial charge < -0.3 is 37.2 Å². The van der Waals surface area contributed by atoms with Crippen LogP contribution >= 0.6 is 34.7 Å². The second-order valence-corrected chi connectivity index (χ2v) is 13.7. The van der Waals surface area contributed by atoms with Crippen LogP contribution in [0.5, 0.6) is 0 Å². The van der Waals surface area contributed by atoms with E-state index in [1.165, 1.54) is 18.7 Å². The third-order valence-corrected chi connectivity index (χ3v) is 10.4. The Balaban J connectivity index is 1.24. The summed E-state index contributed by atoms with van der Waals surface area (Å²) in [6, 6.07) is 2.84. The predicted octanol–water partition coefficient (Wildman–Crippen LogP) is 0.155. The average molecular weight is 706 g/mol. The highest BCUT2D eigenvalue weighted by Gasteiger charge is 2.54. The minimum absolute atomic E-state index is 0.00724. The van der Waals surface area contributed by atoms with Crippen LogP contribution in [0.1, 0.15) is 31.5 Å². The Hall–Kier alpha value is -4.46. The Morgan fingerprint density at radius 1 is 1.28 bits per heavy atom. The van der Waals surface area contributed by atoms with Crippen molar-refractivity contribution in [3.8, 4) is 0 Å². The van der Waals surface area contributed by atoms with Crippen molar-refractivity contribution in [1.29, 1.82) is 0 Å². The zero-order chi connectivity index (χ0) is 33.6. The molecule has 3 aromatic rings. The molecule has 6 rings (SSSR count). The largest absolute Gasteiger partial charge is 0.478 e. The highest BCUT2D eigenvalue weighted by molar-refractivity contribution is 8.00. The average Bonchev–Trinajstić information content (AvgIpc) is 3.56. The van der Waals surface area contributed by atoms with Gasteiger partial charge in [0, 0.05) is 17.4 Å². The third kappa shape index (κ3) is 6.06. The number of nitrogens with one attached hydrogen (secondary N) is 2. The number of rotatable bonds is 10. The first kappa shape index (κ1) is 32.5. The number of carbonyl (C=O) groups excluding carboxylic acids is 2. The number of thiazole rings is 1. The number of amides is 2. The number of nitrogens with two attached hydrogens (primary N) is 2. The number of carboxylic acid groups (broad SMARTS) is 2. The number of nitrogens with zero attached hydrogens (tertiary/aromatic N) is 6. The highest BCUT2D eigenvalue weighted by atomic mass is 35.5. The molecule has 2 fully saturated rings. The number of imidazole rings is 1. The first-order valence-electron chi connectivity index (χ1n) is 14.4. The molecule has 0 bridgehead atoms. The smallest absolute Gasteiger partial charge is 0.352 e. The summed E-state index contributed by atoms with van der Waals surface area (Å²) < 4.78 is 3.83. The molecular weight excluding hydrogens is 676 g/mol. The number of β-lactam (4-membered cyclic amide) rings is 1. The zero-order valence-corrected chi connectivity index (χ0v) is 27.1. The van der Waals surface area contributed by atoms with Gasteiger partial charge >= 0.3 is 23.5 Å². The number of hydrogen-bond acceptors (Lipinski definition) is 13. The number of pyridine rings is 1. The standard InChI is InChI=1S/C27H29ClN10O7S2/c1-11(24(41)42)45-35-16(15-19(28)47-27(30)33-15)21(39)32-17-22(40)38-18(25(43)44)12(10-46-23(17)38)9-36-8-2-3-14-20(36)34-26(29)37(14)13-4-6-31-7-5-13/h2-3,8,11,13,17,23,29,31H,4-7,9-10H2,1H3,(H5,30,32,33,39,41,42,43,44)/p+1/t11-,17?,23?/m0/s1. The fraction of sp³-hybridized carbons (Fsp3) is 0.407. The van der Waals surface area contributed by atoms with Crippen molar-refractivity contribution in [2.24, 2.45) is 5.16 Å². The molecule has 0 spiro atoms. The predicted molar refractivity (Wildman–Crippen MR) is 171 cm³/mol. The maximum atomic E-state index is 13.4. The zero-order valence-electron chi connectivity index (χ0n) is 24.8. The molecule has 2 saturated heterocycles. The molecule has 2 unspecified atom stereocenters. The minimum atomic E-state index is -1.41. The number of fused-ring (bicyclic) bond motifs is 2. The van der Waals surface area contributed by atoms with Gasteiger partial charge in [-0.2, -0.15) is 0 Å². The minimum Gasteiger partial charge on any atom is -0.478 e. The van der Waals surface area contributed by atoms with E-state index in [0.29, 0.717) is 17.2 Å². The number of thioether (sulfide) groups is 1. The van der Waals surface area contributed by atoms with E-state index in [2.05, 4.69) is 25.8 Å². The van der Waals surface area contributed by atoms with E-state index in [-0.39, 0.29) is 39.2 Å². The second-order valence-electron chi connectivity index (χ2n) is 11.0. The van der Waals surface area contributed by atoms with E-state index in [4.69, 9.17) is 33.0 Å². The number of nitrogen functional groups attached to an aromatic ring is 2. The summed E-state index contributed by atoms with van der Waals surface area (Å²) >= 11 is 8.32. The van der Waals surface area contributed by atoms with Crippen LogP contribution in [0.15, 0.2) is 34.8 Å². The van der Waals surface area contributed by atoms with E-state index in [9.17, 15) is 24.3 Å². The number of oxime groups is 1. The molecule has 2 amide bonds. The number of carbonyl (C=O) groups is 4. The maximum absolute atomic E-state index is 13.4. The summed E-state index contributed by atoms with van der Waals surface area (Å²) in [5.74, 6) is -3.61. The Bertz CT molecular complexity index is 1850. The van der Waals surface area contributed by atoms with Gasteiger partial charge in [-0.05, 0) is 50.0 Å². The van der Waals surface area contributed by atoms with E-state index in [1.807, 2.05) is 21.3 Å². The molecule has 0 radical (unpaired) electrons. The second kappa shape index (κ2) is 13.0. The monoisotopic (exact) mass is 705 g/mol. The lowest BCUT2D eigenvalue weighted by Gasteiger charge is -2.49. The van der Waals surface area contributed by atoms with Gasteiger partial charge in [0.15, 0.2) is 10.8 Å². The van der Waals surface area contributed by atoms with Gasteiger partial charge in [0.25, 0.3) is 11.8 Å². The van der Waals surface area contributed by atoms with Crippen LogP contribution in [0.3, 0.4) is 0 Å². The van der Waals surface area contributed by atoms with Crippen LogP contribution in [-0.2, 0) is 30.6 Å². The van der Waals surface area contributed by atoms with Crippen LogP contribution < -0.4 is 26.7 Å². The van der Waals surface area contributed by atoms with E-state index in [0.717, 1.165) is 47.7 Å². The topological polar surface area (TPSA) is 244 Å². The molecule has 20 heteroatoms. The Kier molecular flexibility index (Phi) is 8.97. The van der Waals surface area contributed by atoms with Gasteiger partial charge in [-0.15, -0.1) is 11.8 Å². The first-order valence-corrected chi connectivity index (χ1v) is 16.7. The van der Waals surface area contributed by atoms with Gasteiger partial charge in [-0.3, -0.25) is 19.1 Å². The summed E-state index contributed by atoms with van der Waals surface area (Å²) in [6.07, 6.45) is 2.18. The van der Waals surface area contributed by atoms with Gasteiger partial charge in [0.2, 0.25) is 6.10 Å². The van der Waals surface area contributed by atoms with E-state index >= 15 is 0 Å². The molecule has 3 aliphatic rings. The fourth-order valence-corrected chi connectivity index (χ4v) is 8.02. The maximum Gasteiger partial charge on any atom is 0.352 e. The van der Waals surface area contributed by atoms with Gasteiger partial charge in [0.05, 0.1) is 6.20 Å². The number of aromatic nitrogens is 4. The number of anilines is 2. The van der Waals surface area contributed by atoms with Crippen molar-refractivity contribution < 1.29 is 38.8 Å². The molecule has 3 atom stereocenters. The SMILES string of the molecule is C[C@H](ON=C(C(=O)NC1C(=O)N2C(C(=O)O)=C(C[n+]3cccc4c3nc(N)n4C3CCNCC3)CSC12)c1nc(N)sc1Cl)C(=O)O. The molecule has 8 N–H and O–H groups in total. The molecular formula is C27H30ClN10O7S2+. The van der Waals surface area contributed by atoms with E-state index < -0.39 is 47.0 Å². The highest BCUT2D eigenvalue weighted by Crippen LogP contribution is 2.40. The van der Waals surface area contributed by atoms with Crippen molar-refractivity contribution in [2.45, 2.75) is 49.9 Å². The van der Waals surface area contributed by atoms with Gasteiger partial charge in [-0.25, -0.2) is 19.1 Å². The number of carboxylic acids is 2. The fourth-order valence-electron chi connectivity index (χ4n) is 5.75. The van der Waals surface area contributed by atoms with Crippen molar-refractivity contribution >= 4 is 86.4 Å². The molecule has 0 aliphatic carbocycles. The summed E-state index contributed by atoms with van der Waals surface area (Å²) in [6.45, 7) is 3.08. The lowest BCUT2D eigenvalue weighted by Crippen LogP contribution is -2.71. The number of halogens is 1. The van der Waals surface area contributed by atoms with Crippen LogP contribution in [0.25, 0.3) is 11.2 Å². The number of hydrogen-bond donors (Lipinski definition) is 6.